The monoisotopic (exact) mass is 312 g/mol. The SMILES string of the molecule is CC1=Cc2ccc(Br)c(-c3cccc(C)c3C)c2C1. The van der Waals surface area contributed by atoms with Crippen LogP contribution in [-0.2, 0) is 6.42 Å². The Morgan fingerprint density at radius 1 is 1.00 bits per heavy atom. The summed E-state index contributed by atoms with van der Waals surface area (Å²) in [5.74, 6) is 0. The molecule has 3 rings (SSSR count). The lowest BCUT2D eigenvalue weighted by atomic mass is 9.91. The first kappa shape index (κ1) is 12.7. The maximum Gasteiger partial charge on any atom is 0.0257 e. The summed E-state index contributed by atoms with van der Waals surface area (Å²) in [5, 5.41) is 0. The van der Waals surface area contributed by atoms with Gasteiger partial charge in [0.2, 0.25) is 0 Å². The summed E-state index contributed by atoms with van der Waals surface area (Å²) in [7, 11) is 0. The van der Waals surface area contributed by atoms with Crippen LogP contribution in [0.25, 0.3) is 17.2 Å². The molecule has 0 nitrogen and oxygen atoms in total. The minimum Gasteiger partial charge on any atom is -0.0683 e. The van der Waals surface area contributed by atoms with Crippen LogP contribution in [-0.4, -0.2) is 0 Å². The van der Waals surface area contributed by atoms with Crippen molar-refractivity contribution in [2.45, 2.75) is 27.2 Å². The summed E-state index contributed by atoms with van der Waals surface area (Å²) in [6, 6.07) is 10.9. The highest BCUT2D eigenvalue weighted by molar-refractivity contribution is 9.10. The first-order valence-corrected chi connectivity index (χ1v) is 7.42. The predicted molar refractivity (Wildman–Crippen MR) is 86.4 cm³/mol. The van der Waals surface area contributed by atoms with Gasteiger partial charge in [0.25, 0.3) is 0 Å². The molecule has 0 spiro atoms. The molecule has 2 aromatic carbocycles. The van der Waals surface area contributed by atoms with Crippen LogP contribution in [0.4, 0.5) is 0 Å². The number of rotatable bonds is 1. The molecular formula is C18H17Br. The Bertz CT molecular complexity index is 693. The quantitative estimate of drug-likeness (QED) is 0.634. The van der Waals surface area contributed by atoms with Gasteiger partial charge in [0.05, 0.1) is 0 Å². The Kier molecular flexibility index (Phi) is 3.10. The summed E-state index contributed by atoms with van der Waals surface area (Å²) in [5.41, 5.74) is 9.72. The third kappa shape index (κ3) is 2.06. The smallest absolute Gasteiger partial charge is 0.0257 e. The van der Waals surface area contributed by atoms with Gasteiger partial charge in [-0.2, -0.15) is 0 Å². The van der Waals surface area contributed by atoms with E-state index in [-0.39, 0.29) is 0 Å². The number of hydrogen-bond acceptors (Lipinski definition) is 0. The number of aryl methyl sites for hydroxylation is 1. The van der Waals surface area contributed by atoms with Crippen molar-refractivity contribution >= 4 is 22.0 Å². The molecule has 0 atom stereocenters. The van der Waals surface area contributed by atoms with Gasteiger partial charge in [-0.3, -0.25) is 0 Å². The summed E-state index contributed by atoms with van der Waals surface area (Å²) in [6.07, 6.45) is 3.37. The fourth-order valence-corrected chi connectivity index (χ4v) is 3.45. The number of hydrogen-bond donors (Lipinski definition) is 0. The third-order valence-electron chi connectivity index (χ3n) is 4.03. The van der Waals surface area contributed by atoms with E-state index in [1.54, 1.807) is 0 Å². The molecule has 1 aliphatic rings. The average molecular weight is 313 g/mol. The second-order valence-electron chi connectivity index (χ2n) is 5.41. The van der Waals surface area contributed by atoms with Gasteiger partial charge in [0, 0.05) is 10.0 Å². The zero-order valence-corrected chi connectivity index (χ0v) is 13.1. The summed E-state index contributed by atoms with van der Waals surface area (Å²) < 4.78 is 1.20. The van der Waals surface area contributed by atoms with E-state index in [9.17, 15) is 0 Å². The van der Waals surface area contributed by atoms with E-state index < -0.39 is 0 Å². The van der Waals surface area contributed by atoms with Crippen molar-refractivity contribution in [2.75, 3.05) is 0 Å². The van der Waals surface area contributed by atoms with Crippen molar-refractivity contribution in [1.29, 1.82) is 0 Å². The Balaban J connectivity index is 2.28. The minimum absolute atomic E-state index is 1.07. The Morgan fingerprint density at radius 3 is 2.58 bits per heavy atom. The third-order valence-corrected chi connectivity index (χ3v) is 4.69. The molecule has 0 aliphatic heterocycles. The van der Waals surface area contributed by atoms with Crippen LogP contribution in [0, 0.1) is 13.8 Å². The van der Waals surface area contributed by atoms with Gasteiger partial charge < -0.3 is 0 Å². The van der Waals surface area contributed by atoms with Crippen molar-refractivity contribution in [3.63, 3.8) is 0 Å². The highest BCUT2D eigenvalue weighted by Gasteiger charge is 2.18. The summed E-state index contributed by atoms with van der Waals surface area (Å²) in [6.45, 7) is 6.60. The molecule has 0 fully saturated rings. The highest BCUT2D eigenvalue weighted by Crippen LogP contribution is 2.40. The predicted octanol–water partition coefficient (Wildman–Crippen LogP) is 5.69. The van der Waals surface area contributed by atoms with E-state index in [1.807, 2.05) is 0 Å². The number of halogens is 1. The molecule has 0 saturated carbocycles. The normalized spacial score (nSPS) is 13.4. The van der Waals surface area contributed by atoms with Gasteiger partial charge in [-0.25, -0.2) is 0 Å². The number of allylic oxidation sites excluding steroid dienone is 1. The van der Waals surface area contributed by atoms with Gasteiger partial charge in [-0.15, -0.1) is 0 Å². The molecule has 0 aromatic heterocycles. The molecule has 1 aliphatic carbocycles. The fourth-order valence-electron chi connectivity index (χ4n) is 2.87. The van der Waals surface area contributed by atoms with Gasteiger partial charge in [-0.1, -0.05) is 51.8 Å². The van der Waals surface area contributed by atoms with Gasteiger partial charge >= 0.3 is 0 Å². The zero-order valence-electron chi connectivity index (χ0n) is 11.5. The molecule has 0 N–H and O–H groups in total. The number of fused-ring (bicyclic) bond motifs is 1. The van der Waals surface area contributed by atoms with Crippen LogP contribution in [0.1, 0.15) is 29.2 Å². The largest absolute Gasteiger partial charge is 0.0683 e. The molecule has 0 amide bonds. The van der Waals surface area contributed by atoms with Crippen LogP contribution in [0.5, 0.6) is 0 Å². The first-order valence-electron chi connectivity index (χ1n) is 6.63. The molecule has 1 heteroatoms. The second kappa shape index (κ2) is 4.64. The van der Waals surface area contributed by atoms with Crippen LogP contribution in [0.3, 0.4) is 0 Å². The zero-order chi connectivity index (χ0) is 13.6. The standard InChI is InChI=1S/C18H17Br/c1-11-9-14-7-8-17(19)18(16(14)10-11)15-6-4-5-12(2)13(15)3/h4-9H,10H2,1-3H3. The molecule has 0 unspecified atom stereocenters. The molecule has 0 bridgehead atoms. The lowest BCUT2D eigenvalue weighted by Gasteiger charge is -2.15. The maximum absolute atomic E-state index is 3.74. The van der Waals surface area contributed by atoms with Crippen LogP contribution >= 0.6 is 15.9 Å². The molecule has 96 valence electrons. The highest BCUT2D eigenvalue weighted by atomic mass is 79.9. The number of benzene rings is 2. The van der Waals surface area contributed by atoms with Crippen LogP contribution < -0.4 is 0 Å². The van der Waals surface area contributed by atoms with E-state index in [4.69, 9.17) is 0 Å². The van der Waals surface area contributed by atoms with Crippen molar-refractivity contribution in [1.82, 2.24) is 0 Å². The molecule has 0 heterocycles. The van der Waals surface area contributed by atoms with Crippen molar-refractivity contribution in [3.05, 3.63) is 62.6 Å². The van der Waals surface area contributed by atoms with E-state index in [0.717, 1.165) is 6.42 Å². The van der Waals surface area contributed by atoms with Crippen LogP contribution in [0.2, 0.25) is 0 Å². The Morgan fingerprint density at radius 2 is 1.79 bits per heavy atom. The molecule has 0 saturated heterocycles. The van der Waals surface area contributed by atoms with E-state index >= 15 is 0 Å². The van der Waals surface area contributed by atoms with E-state index in [1.165, 1.54) is 43.4 Å². The Labute approximate surface area is 123 Å². The molecule has 2 aromatic rings. The van der Waals surface area contributed by atoms with E-state index in [0.29, 0.717) is 0 Å². The van der Waals surface area contributed by atoms with Crippen molar-refractivity contribution < 1.29 is 0 Å². The summed E-state index contributed by atoms with van der Waals surface area (Å²) >= 11 is 3.74. The topological polar surface area (TPSA) is 0 Å². The van der Waals surface area contributed by atoms with Crippen molar-refractivity contribution in [3.8, 4) is 11.1 Å². The maximum atomic E-state index is 3.74. The fraction of sp³-hybridized carbons (Fsp3) is 0.222. The van der Waals surface area contributed by atoms with Gasteiger partial charge in [0.1, 0.15) is 0 Å². The molecular weight excluding hydrogens is 296 g/mol. The second-order valence-corrected chi connectivity index (χ2v) is 6.26. The summed E-state index contributed by atoms with van der Waals surface area (Å²) in [4.78, 5) is 0. The van der Waals surface area contributed by atoms with Gasteiger partial charge in [0.15, 0.2) is 0 Å². The first-order chi connectivity index (χ1) is 9.08. The molecule has 0 radical (unpaired) electrons. The van der Waals surface area contributed by atoms with E-state index in [2.05, 4.69) is 73.1 Å². The van der Waals surface area contributed by atoms with Crippen LogP contribution in [0.15, 0.2) is 40.4 Å². The van der Waals surface area contributed by atoms with Crippen molar-refractivity contribution in [2.24, 2.45) is 0 Å². The average Bonchev–Trinajstić information content (AvgIpc) is 2.74. The lowest BCUT2D eigenvalue weighted by molar-refractivity contribution is 1.19. The van der Waals surface area contributed by atoms with Gasteiger partial charge in [-0.05, 0) is 61.1 Å². The Hall–Kier alpha value is -1.34. The molecule has 19 heavy (non-hydrogen) atoms. The lowest BCUT2D eigenvalue weighted by Crippen LogP contribution is -1.94. The minimum atomic E-state index is 1.07.